The number of fused-ring (bicyclic) bond motifs is 2. The molecule has 0 radical (unpaired) electrons. The first-order valence-corrected chi connectivity index (χ1v) is 11.8. The minimum Gasteiger partial charge on any atom is -0.342 e. The number of hydrogen-bond acceptors (Lipinski definition) is 4. The summed E-state index contributed by atoms with van der Waals surface area (Å²) in [6.45, 7) is 15.7. The number of carbonyl (C=O) groups excluding carboxylic acids is 4. The highest BCUT2D eigenvalue weighted by atomic mass is 16.2. The molecule has 0 aliphatic rings. The average Bonchev–Trinajstić information content (AvgIpc) is 3.32. The molecule has 4 aromatic rings. The highest BCUT2D eigenvalue weighted by Crippen LogP contribution is 2.29. The molecule has 6 heteroatoms. The Bertz CT molecular complexity index is 1270. The summed E-state index contributed by atoms with van der Waals surface area (Å²) in [6.07, 6.45) is 2.86. The monoisotopic (exact) mass is 476 g/mol. The number of hydrogen-bond donors (Lipinski definition) is 0. The van der Waals surface area contributed by atoms with Gasteiger partial charge < -0.3 is 9.13 Å². The van der Waals surface area contributed by atoms with Crippen molar-refractivity contribution in [3.63, 3.8) is 0 Å². The van der Waals surface area contributed by atoms with Crippen LogP contribution in [0.3, 0.4) is 0 Å². The molecule has 0 aliphatic carbocycles. The molecule has 0 saturated carbocycles. The van der Waals surface area contributed by atoms with Gasteiger partial charge in [0.1, 0.15) is 0 Å². The van der Waals surface area contributed by atoms with E-state index < -0.39 is 0 Å². The molecule has 0 bridgehead atoms. The zero-order valence-electron chi connectivity index (χ0n) is 21.8. The molecule has 2 atom stereocenters. The van der Waals surface area contributed by atoms with Gasteiger partial charge in [0.05, 0.1) is 0 Å². The molecule has 0 spiro atoms. The van der Waals surface area contributed by atoms with Crippen LogP contribution in [0, 0.1) is 20.8 Å². The molecule has 0 amide bonds. The van der Waals surface area contributed by atoms with Gasteiger partial charge in [0, 0.05) is 39.9 Å². The van der Waals surface area contributed by atoms with Crippen molar-refractivity contribution in [2.45, 2.75) is 73.4 Å². The Kier molecular flexibility index (Phi) is 12.2. The van der Waals surface area contributed by atoms with Crippen LogP contribution in [0.15, 0.2) is 54.6 Å². The second kappa shape index (κ2) is 14.5. The molecule has 186 valence electrons. The normalized spacial score (nSPS) is 11.5. The average molecular weight is 477 g/mol. The van der Waals surface area contributed by atoms with Crippen LogP contribution in [0.5, 0.6) is 0 Å². The fraction of sp³-hybridized carbons (Fsp3) is 0.379. The molecule has 2 aromatic carbocycles. The second-order valence-corrected chi connectivity index (χ2v) is 8.49. The molecule has 6 nitrogen and oxygen atoms in total. The predicted octanol–water partition coefficient (Wildman–Crippen LogP) is 6.98. The lowest BCUT2D eigenvalue weighted by Crippen LogP contribution is -2.05. The SMILES string of the molecule is CCC(C)n1c(C)c(C)c2ccccc21.CCC(C)n1c(C)cc2ccccc21.O=C=O.O=C=O. The summed E-state index contributed by atoms with van der Waals surface area (Å²) in [5.74, 6) is 0. The van der Waals surface area contributed by atoms with Crippen molar-refractivity contribution in [3.8, 4) is 0 Å². The van der Waals surface area contributed by atoms with Crippen LogP contribution < -0.4 is 0 Å². The minimum atomic E-state index is 0.250. The minimum absolute atomic E-state index is 0.250. The zero-order chi connectivity index (χ0) is 26.5. The lowest BCUT2D eigenvalue weighted by molar-refractivity contribution is -0.193. The van der Waals surface area contributed by atoms with Crippen molar-refractivity contribution in [3.05, 3.63) is 71.5 Å². The molecular formula is C29H36N2O4. The van der Waals surface area contributed by atoms with Crippen LogP contribution in [0.25, 0.3) is 21.8 Å². The lowest BCUT2D eigenvalue weighted by Gasteiger charge is -2.15. The van der Waals surface area contributed by atoms with Crippen molar-refractivity contribution in [1.29, 1.82) is 0 Å². The molecule has 0 aliphatic heterocycles. The number of benzene rings is 2. The van der Waals surface area contributed by atoms with Crippen LogP contribution in [0.4, 0.5) is 0 Å². The first-order chi connectivity index (χ1) is 16.7. The summed E-state index contributed by atoms with van der Waals surface area (Å²) in [5, 5.41) is 2.75. The van der Waals surface area contributed by atoms with Crippen LogP contribution in [0.2, 0.25) is 0 Å². The Morgan fingerprint density at radius 1 is 0.714 bits per heavy atom. The Balaban J connectivity index is 0.000000287. The van der Waals surface area contributed by atoms with E-state index in [9.17, 15) is 0 Å². The summed E-state index contributed by atoms with van der Waals surface area (Å²) >= 11 is 0. The van der Waals surface area contributed by atoms with E-state index >= 15 is 0 Å². The number of aromatic nitrogens is 2. The molecular weight excluding hydrogens is 440 g/mol. The Labute approximate surface area is 207 Å². The highest BCUT2D eigenvalue weighted by molar-refractivity contribution is 5.85. The Morgan fingerprint density at radius 2 is 1.17 bits per heavy atom. The summed E-state index contributed by atoms with van der Waals surface area (Å²) in [5.41, 5.74) is 6.93. The van der Waals surface area contributed by atoms with Crippen molar-refractivity contribution >= 4 is 34.1 Å². The van der Waals surface area contributed by atoms with Gasteiger partial charge >= 0.3 is 12.3 Å². The third-order valence-electron chi connectivity index (χ3n) is 6.48. The fourth-order valence-electron chi connectivity index (χ4n) is 4.39. The van der Waals surface area contributed by atoms with Crippen LogP contribution in [0.1, 0.15) is 69.6 Å². The standard InChI is InChI=1S/C14H19N.C13H17N.2CO2/c1-5-10(2)15-12(4)11(3)13-8-6-7-9-14(13)15;1-4-10(2)14-11(3)9-12-7-5-6-8-13(12)14;2*2-1-3/h6-10H,5H2,1-4H3;5-10H,4H2,1-3H3;;. The van der Waals surface area contributed by atoms with Gasteiger partial charge in [-0.3, -0.25) is 0 Å². The fourth-order valence-corrected chi connectivity index (χ4v) is 4.39. The number of aryl methyl sites for hydroxylation is 2. The van der Waals surface area contributed by atoms with Crippen LogP contribution in [-0.4, -0.2) is 21.4 Å². The van der Waals surface area contributed by atoms with Gasteiger partial charge in [-0.05, 0) is 76.6 Å². The van der Waals surface area contributed by atoms with E-state index in [1.165, 1.54) is 51.6 Å². The maximum Gasteiger partial charge on any atom is 0.373 e. The van der Waals surface area contributed by atoms with Crippen molar-refractivity contribution in [2.75, 3.05) is 0 Å². The Morgan fingerprint density at radius 3 is 1.71 bits per heavy atom. The number of nitrogens with zero attached hydrogens (tertiary/aromatic N) is 2. The van der Waals surface area contributed by atoms with Crippen molar-refractivity contribution in [1.82, 2.24) is 9.13 Å². The summed E-state index contributed by atoms with van der Waals surface area (Å²) < 4.78 is 4.89. The van der Waals surface area contributed by atoms with E-state index in [1.807, 2.05) is 0 Å². The van der Waals surface area contributed by atoms with Crippen LogP contribution in [-0.2, 0) is 19.2 Å². The molecule has 0 N–H and O–H groups in total. The molecule has 0 fully saturated rings. The van der Waals surface area contributed by atoms with Crippen molar-refractivity contribution < 1.29 is 19.2 Å². The summed E-state index contributed by atoms with van der Waals surface area (Å²) in [4.78, 5) is 32.5. The maximum absolute atomic E-state index is 8.12. The smallest absolute Gasteiger partial charge is 0.342 e. The molecule has 0 saturated heterocycles. The molecule has 4 rings (SSSR count). The van der Waals surface area contributed by atoms with Gasteiger partial charge in [-0.1, -0.05) is 50.2 Å². The summed E-state index contributed by atoms with van der Waals surface area (Å²) in [7, 11) is 0. The van der Waals surface area contributed by atoms with Crippen LogP contribution >= 0.6 is 0 Å². The third-order valence-corrected chi connectivity index (χ3v) is 6.48. The quantitative estimate of drug-likeness (QED) is 0.318. The number of rotatable bonds is 4. The summed E-state index contributed by atoms with van der Waals surface area (Å²) in [6, 6.07) is 20.7. The van der Waals surface area contributed by atoms with Gasteiger partial charge in [0.15, 0.2) is 0 Å². The van der Waals surface area contributed by atoms with E-state index in [-0.39, 0.29) is 12.3 Å². The van der Waals surface area contributed by atoms with Gasteiger partial charge in [-0.15, -0.1) is 0 Å². The van der Waals surface area contributed by atoms with Gasteiger partial charge in [0.25, 0.3) is 0 Å². The molecule has 2 heterocycles. The van der Waals surface area contributed by atoms with Crippen molar-refractivity contribution in [2.24, 2.45) is 0 Å². The number of para-hydroxylation sites is 2. The van der Waals surface area contributed by atoms with E-state index in [4.69, 9.17) is 19.2 Å². The zero-order valence-corrected chi connectivity index (χ0v) is 21.8. The Hall–Kier alpha value is -3.72. The van der Waals surface area contributed by atoms with Gasteiger partial charge in [-0.2, -0.15) is 19.2 Å². The van der Waals surface area contributed by atoms with Gasteiger partial charge in [-0.25, -0.2) is 0 Å². The molecule has 2 aromatic heterocycles. The highest BCUT2D eigenvalue weighted by Gasteiger charge is 2.13. The van der Waals surface area contributed by atoms with Gasteiger partial charge in [0.2, 0.25) is 0 Å². The third kappa shape index (κ3) is 7.13. The van der Waals surface area contributed by atoms with E-state index in [0.29, 0.717) is 12.1 Å². The van der Waals surface area contributed by atoms with E-state index in [0.717, 1.165) is 0 Å². The van der Waals surface area contributed by atoms with E-state index in [1.54, 1.807) is 0 Å². The first kappa shape index (κ1) is 29.3. The molecule has 35 heavy (non-hydrogen) atoms. The topological polar surface area (TPSA) is 78.1 Å². The second-order valence-electron chi connectivity index (χ2n) is 8.49. The van der Waals surface area contributed by atoms with E-state index in [2.05, 4.69) is 112 Å². The lowest BCUT2D eigenvalue weighted by atomic mass is 10.2. The largest absolute Gasteiger partial charge is 0.373 e. The maximum atomic E-state index is 8.12. The first-order valence-electron chi connectivity index (χ1n) is 11.8. The molecule has 2 unspecified atom stereocenters. The predicted molar refractivity (Wildman–Crippen MR) is 138 cm³/mol.